The van der Waals surface area contributed by atoms with Crippen LogP contribution in [0.25, 0.3) is 11.0 Å². The SMILES string of the molecule is CC(NCCOCCO)c1cc2ccccc2o1. The van der Waals surface area contributed by atoms with Crippen LogP contribution in [0.3, 0.4) is 0 Å². The van der Waals surface area contributed by atoms with E-state index < -0.39 is 0 Å². The Kier molecular flexibility index (Phi) is 4.75. The first-order valence-corrected chi connectivity index (χ1v) is 6.21. The minimum absolute atomic E-state index is 0.0686. The zero-order valence-electron chi connectivity index (χ0n) is 10.6. The number of rotatable bonds is 7. The molecule has 1 atom stereocenters. The van der Waals surface area contributed by atoms with Gasteiger partial charge in [-0.25, -0.2) is 0 Å². The molecule has 0 saturated carbocycles. The number of hydrogen-bond acceptors (Lipinski definition) is 4. The highest BCUT2D eigenvalue weighted by Gasteiger charge is 2.10. The summed E-state index contributed by atoms with van der Waals surface area (Å²) in [7, 11) is 0. The van der Waals surface area contributed by atoms with Crippen LogP contribution < -0.4 is 5.32 Å². The topological polar surface area (TPSA) is 54.6 Å². The van der Waals surface area contributed by atoms with Gasteiger partial charge in [-0.2, -0.15) is 0 Å². The van der Waals surface area contributed by atoms with Gasteiger partial charge in [0, 0.05) is 11.9 Å². The maximum atomic E-state index is 8.57. The third kappa shape index (κ3) is 3.32. The average Bonchev–Trinajstić information content (AvgIpc) is 2.82. The fourth-order valence-corrected chi connectivity index (χ4v) is 1.83. The normalized spacial score (nSPS) is 13.0. The van der Waals surface area contributed by atoms with Gasteiger partial charge in [0.1, 0.15) is 11.3 Å². The van der Waals surface area contributed by atoms with E-state index in [-0.39, 0.29) is 12.6 Å². The van der Waals surface area contributed by atoms with Gasteiger partial charge in [0.25, 0.3) is 0 Å². The van der Waals surface area contributed by atoms with Crippen LogP contribution in [0.2, 0.25) is 0 Å². The molecule has 4 nitrogen and oxygen atoms in total. The minimum atomic E-state index is 0.0686. The van der Waals surface area contributed by atoms with E-state index in [1.165, 1.54) is 0 Å². The number of benzene rings is 1. The number of hydrogen-bond donors (Lipinski definition) is 2. The summed E-state index contributed by atoms with van der Waals surface area (Å²) >= 11 is 0. The van der Waals surface area contributed by atoms with E-state index in [9.17, 15) is 0 Å². The van der Waals surface area contributed by atoms with Gasteiger partial charge in [-0.1, -0.05) is 18.2 Å². The smallest absolute Gasteiger partial charge is 0.134 e. The molecule has 4 heteroatoms. The molecule has 0 spiro atoms. The minimum Gasteiger partial charge on any atom is -0.459 e. The molecule has 0 aliphatic carbocycles. The largest absolute Gasteiger partial charge is 0.459 e. The predicted octanol–water partition coefficient (Wildman–Crippen LogP) is 2.09. The van der Waals surface area contributed by atoms with E-state index in [1.807, 2.05) is 24.3 Å². The molecule has 0 radical (unpaired) electrons. The quantitative estimate of drug-likeness (QED) is 0.738. The Balaban J connectivity index is 1.86. The average molecular weight is 249 g/mol. The lowest BCUT2D eigenvalue weighted by atomic mass is 10.2. The first kappa shape index (κ1) is 13.1. The lowest BCUT2D eigenvalue weighted by Gasteiger charge is -2.10. The number of aliphatic hydroxyl groups excluding tert-OH is 1. The number of ether oxygens (including phenoxy) is 1. The van der Waals surface area contributed by atoms with E-state index in [4.69, 9.17) is 14.3 Å². The van der Waals surface area contributed by atoms with Gasteiger partial charge in [0.2, 0.25) is 0 Å². The number of aliphatic hydroxyl groups is 1. The highest BCUT2D eigenvalue weighted by molar-refractivity contribution is 5.77. The molecule has 0 fully saturated rings. The zero-order valence-corrected chi connectivity index (χ0v) is 10.6. The van der Waals surface area contributed by atoms with Crippen LogP contribution in [0.5, 0.6) is 0 Å². The van der Waals surface area contributed by atoms with Crippen LogP contribution in [-0.2, 0) is 4.74 Å². The highest BCUT2D eigenvalue weighted by Crippen LogP contribution is 2.23. The molecule has 1 unspecified atom stereocenters. The van der Waals surface area contributed by atoms with Crippen molar-refractivity contribution in [3.05, 3.63) is 36.1 Å². The van der Waals surface area contributed by atoms with Gasteiger partial charge < -0.3 is 19.6 Å². The molecule has 1 heterocycles. The Morgan fingerprint density at radius 1 is 1.33 bits per heavy atom. The number of nitrogens with one attached hydrogen (secondary N) is 1. The Bertz CT molecular complexity index is 448. The van der Waals surface area contributed by atoms with Crippen molar-refractivity contribution >= 4 is 11.0 Å². The van der Waals surface area contributed by atoms with Crippen molar-refractivity contribution in [2.24, 2.45) is 0 Å². The predicted molar refractivity (Wildman–Crippen MR) is 70.5 cm³/mol. The van der Waals surface area contributed by atoms with Gasteiger partial charge >= 0.3 is 0 Å². The summed E-state index contributed by atoms with van der Waals surface area (Å²) in [5, 5.41) is 13.0. The summed E-state index contributed by atoms with van der Waals surface area (Å²) < 4.78 is 10.9. The molecular weight excluding hydrogens is 230 g/mol. The van der Waals surface area contributed by atoms with Crippen LogP contribution in [0.15, 0.2) is 34.7 Å². The summed E-state index contributed by atoms with van der Waals surface area (Å²) in [6, 6.07) is 10.2. The van der Waals surface area contributed by atoms with Crippen LogP contribution in [0.4, 0.5) is 0 Å². The molecule has 0 saturated heterocycles. The monoisotopic (exact) mass is 249 g/mol. The second-order valence-electron chi connectivity index (χ2n) is 4.20. The van der Waals surface area contributed by atoms with Crippen LogP contribution >= 0.6 is 0 Å². The molecule has 0 aliphatic heterocycles. The van der Waals surface area contributed by atoms with Crippen molar-refractivity contribution in [2.75, 3.05) is 26.4 Å². The van der Waals surface area contributed by atoms with Crippen molar-refractivity contribution < 1.29 is 14.3 Å². The summed E-state index contributed by atoms with van der Waals surface area (Å²) in [5.74, 6) is 0.929. The fraction of sp³-hybridized carbons (Fsp3) is 0.429. The van der Waals surface area contributed by atoms with E-state index in [2.05, 4.69) is 18.3 Å². The summed E-state index contributed by atoms with van der Waals surface area (Å²) in [4.78, 5) is 0. The first-order valence-electron chi connectivity index (χ1n) is 6.21. The van der Waals surface area contributed by atoms with E-state index in [1.54, 1.807) is 0 Å². The Hall–Kier alpha value is -1.36. The molecule has 2 aromatic rings. The molecule has 1 aromatic carbocycles. The van der Waals surface area contributed by atoms with E-state index in [0.29, 0.717) is 13.2 Å². The molecule has 0 aliphatic rings. The molecule has 0 bridgehead atoms. The Morgan fingerprint density at radius 3 is 2.94 bits per heavy atom. The van der Waals surface area contributed by atoms with Gasteiger partial charge in [0.15, 0.2) is 0 Å². The zero-order chi connectivity index (χ0) is 12.8. The Labute approximate surface area is 107 Å². The highest BCUT2D eigenvalue weighted by atomic mass is 16.5. The maximum absolute atomic E-state index is 8.57. The van der Waals surface area contributed by atoms with Crippen molar-refractivity contribution in [1.82, 2.24) is 5.32 Å². The van der Waals surface area contributed by atoms with Gasteiger partial charge in [0.05, 0.1) is 25.9 Å². The third-order valence-corrected chi connectivity index (χ3v) is 2.80. The lowest BCUT2D eigenvalue weighted by Crippen LogP contribution is -2.23. The number of para-hydroxylation sites is 1. The van der Waals surface area contributed by atoms with Crippen molar-refractivity contribution in [3.63, 3.8) is 0 Å². The van der Waals surface area contributed by atoms with Crippen LogP contribution in [0, 0.1) is 0 Å². The Morgan fingerprint density at radius 2 is 2.17 bits per heavy atom. The molecule has 0 amide bonds. The summed E-state index contributed by atoms with van der Waals surface area (Å²) in [5.41, 5.74) is 0.915. The van der Waals surface area contributed by atoms with E-state index in [0.717, 1.165) is 23.3 Å². The lowest BCUT2D eigenvalue weighted by molar-refractivity contribution is 0.0925. The molecule has 1 aromatic heterocycles. The third-order valence-electron chi connectivity index (χ3n) is 2.80. The van der Waals surface area contributed by atoms with E-state index >= 15 is 0 Å². The standard InChI is InChI=1S/C14H19NO3/c1-11(15-6-8-17-9-7-16)14-10-12-4-2-3-5-13(12)18-14/h2-5,10-11,15-16H,6-9H2,1H3. The number of fused-ring (bicyclic) bond motifs is 1. The fourth-order valence-electron chi connectivity index (χ4n) is 1.83. The van der Waals surface area contributed by atoms with Crippen molar-refractivity contribution in [1.29, 1.82) is 0 Å². The van der Waals surface area contributed by atoms with Crippen molar-refractivity contribution in [2.45, 2.75) is 13.0 Å². The maximum Gasteiger partial charge on any atom is 0.134 e. The van der Waals surface area contributed by atoms with Gasteiger partial charge in [-0.15, -0.1) is 0 Å². The molecule has 18 heavy (non-hydrogen) atoms. The van der Waals surface area contributed by atoms with Crippen molar-refractivity contribution in [3.8, 4) is 0 Å². The molecule has 2 N–H and O–H groups in total. The second-order valence-corrected chi connectivity index (χ2v) is 4.20. The van der Waals surface area contributed by atoms with Crippen LogP contribution in [-0.4, -0.2) is 31.5 Å². The van der Waals surface area contributed by atoms with Gasteiger partial charge in [-0.3, -0.25) is 0 Å². The molecular formula is C14H19NO3. The molecule has 98 valence electrons. The van der Waals surface area contributed by atoms with Gasteiger partial charge in [-0.05, 0) is 19.1 Å². The molecule has 2 rings (SSSR count). The first-order chi connectivity index (χ1) is 8.81. The number of furan rings is 1. The second kappa shape index (κ2) is 6.54. The summed E-state index contributed by atoms with van der Waals surface area (Å²) in [6.45, 7) is 3.84. The van der Waals surface area contributed by atoms with Crippen LogP contribution in [0.1, 0.15) is 18.7 Å². The summed E-state index contributed by atoms with van der Waals surface area (Å²) in [6.07, 6.45) is 0.